The van der Waals surface area contributed by atoms with Crippen molar-refractivity contribution in [2.24, 2.45) is 17.3 Å². The first kappa shape index (κ1) is 24.4. The van der Waals surface area contributed by atoms with Gasteiger partial charge in [0.2, 0.25) is 5.91 Å². The maximum absolute atomic E-state index is 13.5. The molecule has 6 nitrogen and oxygen atoms in total. The Labute approximate surface area is 183 Å². The molecule has 1 aliphatic rings. The van der Waals surface area contributed by atoms with Gasteiger partial charge in [-0.05, 0) is 58.4 Å². The Hall–Kier alpha value is -1.88. The zero-order valence-corrected chi connectivity index (χ0v) is 19.3. The van der Waals surface area contributed by atoms with E-state index >= 15 is 0 Å². The van der Waals surface area contributed by atoms with Gasteiger partial charge in [-0.1, -0.05) is 18.8 Å². The lowest BCUT2D eigenvalue weighted by Crippen LogP contribution is -2.48. The van der Waals surface area contributed by atoms with Gasteiger partial charge in [0.25, 0.3) is 0 Å². The van der Waals surface area contributed by atoms with E-state index in [4.69, 9.17) is 4.74 Å². The third-order valence-corrected chi connectivity index (χ3v) is 6.29. The molecule has 166 valence electrons. The summed E-state index contributed by atoms with van der Waals surface area (Å²) in [5.41, 5.74) is 0.0661. The Kier molecular flexibility index (Phi) is 8.48. The number of aliphatic hydroxyl groups excluding tert-OH is 1. The van der Waals surface area contributed by atoms with Gasteiger partial charge in [0.1, 0.15) is 4.88 Å². The molecule has 0 spiro atoms. The molecule has 1 atom stereocenters. The predicted octanol–water partition coefficient (Wildman–Crippen LogP) is 4.01. The summed E-state index contributed by atoms with van der Waals surface area (Å²) in [7, 11) is 1.50. The average Bonchev–Trinajstić information content (AvgIpc) is 3.10. The fourth-order valence-corrected chi connectivity index (χ4v) is 4.47. The first-order valence-corrected chi connectivity index (χ1v) is 11.2. The van der Waals surface area contributed by atoms with Crippen LogP contribution in [0.2, 0.25) is 0 Å². The summed E-state index contributed by atoms with van der Waals surface area (Å²) in [5, 5.41) is 19.8. The van der Waals surface area contributed by atoms with Crippen LogP contribution in [0.4, 0.5) is 5.69 Å². The number of anilines is 1. The number of carboxylic acids is 1. The van der Waals surface area contributed by atoms with Crippen molar-refractivity contribution < 1.29 is 24.5 Å². The Morgan fingerprint density at radius 2 is 1.93 bits per heavy atom. The number of thiophene rings is 1. The third-order valence-electron chi connectivity index (χ3n) is 5.26. The summed E-state index contributed by atoms with van der Waals surface area (Å²) in [5.74, 6) is 5.31. The number of nitrogens with zero attached hydrogens (tertiary/aromatic N) is 1. The lowest BCUT2D eigenvalue weighted by Gasteiger charge is -2.35. The number of aromatic carboxylic acids is 1. The standard InChI is InChI=1S/C23H33NO5S/c1-15-6-8-16(9-7-15)21(26)24(17(13-25)14-29-5)19-12-18(10-11-23(2,3)4)30-20(19)22(27)28/h12,15-17,25H,6-9,13-14H2,1-5H3,(H,27,28)/t15-,16-,17-/m0/s1. The Morgan fingerprint density at radius 3 is 2.43 bits per heavy atom. The molecule has 1 amide bonds. The Balaban J connectivity index is 2.51. The van der Waals surface area contributed by atoms with E-state index in [9.17, 15) is 19.8 Å². The van der Waals surface area contributed by atoms with Crippen LogP contribution >= 0.6 is 11.3 Å². The van der Waals surface area contributed by atoms with Crippen LogP contribution in [0, 0.1) is 29.1 Å². The molecule has 2 rings (SSSR count). The van der Waals surface area contributed by atoms with Crippen LogP contribution in [0.15, 0.2) is 6.07 Å². The number of aliphatic hydroxyl groups is 1. The lowest BCUT2D eigenvalue weighted by molar-refractivity contribution is -0.124. The fraction of sp³-hybridized carbons (Fsp3) is 0.652. The topological polar surface area (TPSA) is 87.1 Å². The highest BCUT2D eigenvalue weighted by Gasteiger charge is 2.35. The first-order chi connectivity index (χ1) is 14.1. The van der Waals surface area contributed by atoms with Crippen molar-refractivity contribution in [1.29, 1.82) is 0 Å². The molecule has 7 heteroatoms. The number of carboxylic acid groups (broad SMARTS) is 1. The number of amides is 1. The first-order valence-electron chi connectivity index (χ1n) is 10.4. The molecule has 0 radical (unpaired) electrons. The third kappa shape index (κ3) is 6.31. The van der Waals surface area contributed by atoms with Gasteiger partial charge in [0, 0.05) is 18.4 Å². The van der Waals surface area contributed by atoms with Crippen molar-refractivity contribution in [2.45, 2.75) is 59.4 Å². The molecule has 1 saturated carbocycles. The van der Waals surface area contributed by atoms with Crippen molar-refractivity contribution in [3.8, 4) is 11.8 Å². The molecular weight excluding hydrogens is 402 g/mol. The molecule has 0 saturated heterocycles. The molecule has 1 aliphatic carbocycles. The second-order valence-electron chi connectivity index (χ2n) is 9.09. The SMILES string of the molecule is COC[C@H](CO)N(c1cc(C#CC(C)(C)C)sc1C(=O)O)C(=O)[C@H]1CC[C@H](C)CC1. The second-order valence-corrected chi connectivity index (χ2v) is 10.1. The molecule has 1 aromatic heterocycles. The zero-order valence-electron chi connectivity index (χ0n) is 18.5. The van der Waals surface area contributed by atoms with Crippen LogP contribution in [-0.4, -0.2) is 48.5 Å². The quantitative estimate of drug-likeness (QED) is 0.632. The number of rotatable bonds is 7. The second kappa shape index (κ2) is 10.4. The minimum atomic E-state index is -1.11. The normalized spacial score (nSPS) is 20.2. The summed E-state index contributed by atoms with van der Waals surface area (Å²) in [4.78, 5) is 27.6. The number of carbonyl (C=O) groups is 2. The molecule has 0 bridgehead atoms. The van der Waals surface area contributed by atoms with E-state index in [1.807, 2.05) is 20.8 Å². The van der Waals surface area contributed by atoms with Crippen LogP contribution in [0.1, 0.15) is 67.9 Å². The predicted molar refractivity (Wildman–Crippen MR) is 119 cm³/mol. The smallest absolute Gasteiger partial charge is 0.348 e. The summed E-state index contributed by atoms with van der Waals surface area (Å²) in [6.45, 7) is 7.91. The van der Waals surface area contributed by atoms with Gasteiger partial charge >= 0.3 is 5.97 Å². The Morgan fingerprint density at radius 1 is 1.30 bits per heavy atom. The van der Waals surface area contributed by atoms with Crippen molar-refractivity contribution in [2.75, 3.05) is 25.2 Å². The molecule has 1 aromatic rings. The molecule has 2 N–H and O–H groups in total. The number of ether oxygens (including phenoxy) is 1. The summed E-state index contributed by atoms with van der Waals surface area (Å²) >= 11 is 1.06. The molecule has 0 unspecified atom stereocenters. The molecule has 1 fully saturated rings. The zero-order chi connectivity index (χ0) is 22.5. The van der Waals surface area contributed by atoms with Gasteiger partial charge in [-0.2, -0.15) is 0 Å². The van der Waals surface area contributed by atoms with Crippen LogP contribution in [0.5, 0.6) is 0 Å². The van der Waals surface area contributed by atoms with Crippen LogP contribution in [-0.2, 0) is 9.53 Å². The van der Waals surface area contributed by atoms with E-state index in [0.29, 0.717) is 16.5 Å². The molecule has 30 heavy (non-hydrogen) atoms. The van der Waals surface area contributed by atoms with E-state index < -0.39 is 12.0 Å². The maximum Gasteiger partial charge on any atom is 0.348 e. The number of hydrogen-bond donors (Lipinski definition) is 2. The minimum absolute atomic E-state index is 0.0558. The van der Waals surface area contributed by atoms with Gasteiger partial charge in [-0.25, -0.2) is 4.79 Å². The van der Waals surface area contributed by atoms with Gasteiger partial charge in [-0.3, -0.25) is 4.79 Å². The van der Waals surface area contributed by atoms with E-state index in [1.165, 1.54) is 12.0 Å². The summed E-state index contributed by atoms with van der Waals surface area (Å²) in [6.07, 6.45) is 3.47. The van der Waals surface area contributed by atoms with E-state index in [-0.39, 0.29) is 35.3 Å². The summed E-state index contributed by atoms with van der Waals surface area (Å²) < 4.78 is 5.23. The largest absolute Gasteiger partial charge is 0.477 e. The van der Waals surface area contributed by atoms with Crippen molar-refractivity contribution in [3.63, 3.8) is 0 Å². The van der Waals surface area contributed by atoms with Gasteiger partial charge in [-0.15, -0.1) is 11.3 Å². The molecule has 0 aliphatic heterocycles. The monoisotopic (exact) mass is 435 g/mol. The lowest BCUT2D eigenvalue weighted by atomic mass is 9.82. The van der Waals surface area contributed by atoms with Crippen LogP contribution in [0.25, 0.3) is 0 Å². The highest BCUT2D eigenvalue weighted by atomic mass is 32.1. The molecule has 1 heterocycles. The maximum atomic E-state index is 13.5. The Bertz CT molecular complexity index is 806. The highest BCUT2D eigenvalue weighted by molar-refractivity contribution is 7.15. The van der Waals surface area contributed by atoms with Crippen LogP contribution < -0.4 is 4.90 Å². The fourth-order valence-electron chi connectivity index (χ4n) is 3.62. The van der Waals surface area contributed by atoms with Gasteiger partial charge in [0.15, 0.2) is 0 Å². The van der Waals surface area contributed by atoms with Crippen molar-refractivity contribution in [1.82, 2.24) is 0 Å². The van der Waals surface area contributed by atoms with Crippen molar-refractivity contribution in [3.05, 3.63) is 15.8 Å². The van der Waals surface area contributed by atoms with Gasteiger partial charge in [0.05, 0.1) is 29.8 Å². The molecule has 0 aromatic carbocycles. The highest BCUT2D eigenvalue weighted by Crippen LogP contribution is 2.36. The summed E-state index contributed by atoms with van der Waals surface area (Å²) in [6, 6.07) is 1.01. The molecular formula is C23H33NO5S. The number of hydrogen-bond acceptors (Lipinski definition) is 5. The minimum Gasteiger partial charge on any atom is -0.477 e. The van der Waals surface area contributed by atoms with E-state index in [1.54, 1.807) is 6.07 Å². The number of methoxy groups -OCH3 is 1. The van der Waals surface area contributed by atoms with Gasteiger partial charge < -0.3 is 19.8 Å². The van der Waals surface area contributed by atoms with E-state index in [0.717, 1.165) is 37.0 Å². The number of carbonyl (C=O) groups excluding carboxylic acids is 1. The van der Waals surface area contributed by atoms with Crippen molar-refractivity contribution >= 4 is 28.9 Å². The van der Waals surface area contributed by atoms with Crippen LogP contribution in [0.3, 0.4) is 0 Å². The van der Waals surface area contributed by atoms with E-state index in [2.05, 4.69) is 18.8 Å². The average molecular weight is 436 g/mol.